The molecule has 0 fully saturated rings. The Bertz CT molecular complexity index is 491. The van der Waals surface area contributed by atoms with Crippen LogP contribution in [-0.2, 0) is 0 Å². The molecule has 2 rings (SSSR count). The number of carbonyl (C=O) groups excluding carboxylic acids is 1. The first-order chi connectivity index (χ1) is 9.53. The third-order valence-electron chi connectivity index (χ3n) is 3.01. The summed E-state index contributed by atoms with van der Waals surface area (Å²) in [7, 11) is 0. The first kappa shape index (κ1) is 15.0. The van der Waals surface area contributed by atoms with Gasteiger partial charge in [-0.1, -0.05) is 6.07 Å². The van der Waals surface area contributed by atoms with Crippen molar-refractivity contribution >= 4 is 23.4 Å². The Balaban J connectivity index is 2.06. The molecule has 1 atom stereocenters. The maximum absolute atomic E-state index is 12.2. The van der Waals surface area contributed by atoms with Crippen LogP contribution in [0.1, 0.15) is 17.3 Å². The molecule has 0 bridgehead atoms. The fourth-order valence-electron chi connectivity index (χ4n) is 2.08. The van der Waals surface area contributed by atoms with E-state index in [1.807, 2.05) is 18.4 Å². The molecule has 0 aliphatic carbocycles. The average molecular weight is 296 g/mol. The van der Waals surface area contributed by atoms with Crippen molar-refractivity contribution in [1.29, 1.82) is 0 Å². The van der Waals surface area contributed by atoms with Gasteiger partial charge < -0.3 is 20.5 Å². The fraction of sp³-hybridized carbons (Fsp3) is 0.500. The summed E-state index contributed by atoms with van der Waals surface area (Å²) in [6.07, 6.45) is 1.92. The van der Waals surface area contributed by atoms with E-state index >= 15 is 0 Å². The number of amides is 1. The van der Waals surface area contributed by atoms with E-state index in [2.05, 4.69) is 10.6 Å². The summed E-state index contributed by atoms with van der Waals surface area (Å²) in [6, 6.07) is 5.43. The molecule has 20 heavy (non-hydrogen) atoms. The lowest BCUT2D eigenvalue weighted by Crippen LogP contribution is -2.42. The second kappa shape index (κ2) is 6.37. The van der Waals surface area contributed by atoms with E-state index in [0.29, 0.717) is 23.7 Å². The van der Waals surface area contributed by atoms with Gasteiger partial charge in [-0.2, -0.15) is 11.8 Å². The number of aliphatic hydroxyl groups is 1. The van der Waals surface area contributed by atoms with E-state index < -0.39 is 5.60 Å². The molecule has 1 heterocycles. The molecule has 1 aliphatic rings. The van der Waals surface area contributed by atoms with Crippen LogP contribution < -0.4 is 15.4 Å². The summed E-state index contributed by atoms with van der Waals surface area (Å²) in [5.41, 5.74) is 0.415. The molecule has 1 amide bonds. The molecule has 1 aromatic rings. The number of fused-ring (bicyclic) bond motifs is 1. The van der Waals surface area contributed by atoms with Crippen LogP contribution in [0.2, 0.25) is 0 Å². The van der Waals surface area contributed by atoms with E-state index in [0.717, 1.165) is 12.2 Å². The summed E-state index contributed by atoms with van der Waals surface area (Å²) in [5, 5.41) is 16.0. The standard InChI is InChI=1S/C14H20N2O3S/c1-14(18,9-20-2)8-16-13(17)10-4-3-5-11-12(10)19-7-6-15-11/h3-5,15,18H,6-9H2,1-2H3,(H,16,17). The van der Waals surface area contributed by atoms with Crippen molar-refractivity contribution < 1.29 is 14.6 Å². The van der Waals surface area contributed by atoms with Gasteiger partial charge in [0, 0.05) is 18.8 Å². The number of rotatable bonds is 5. The number of para-hydroxylation sites is 1. The third-order valence-corrected chi connectivity index (χ3v) is 3.92. The van der Waals surface area contributed by atoms with Gasteiger partial charge in [-0.25, -0.2) is 0 Å². The van der Waals surface area contributed by atoms with Crippen LogP contribution in [0.3, 0.4) is 0 Å². The molecule has 6 heteroatoms. The van der Waals surface area contributed by atoms with E-state index in [-0.39, 0.29) is 12.5 Å². The van der Waals surface area contributed by atoms with Crippen LogP contribution in [0.25, 0.3) is 0 Å². The van der Waals surface area contributed by atoms with Gasteiger partial charge in [0.05, 0.1) is 16.9 Å². The van der Waals surface area contributed by atoms with Crippen molar-refractivity contribution in [3.63, 3.8) is 0 Å². The van der Waals surface area contributed by atoms with E-state index in [9.17, 15) is 9.90 Å². The number of carbonyl (C=O) groups is 1. The molecule has 0 aromatic heterocycles. The highest BCUT2D eigenvalue weighted by Gasteiger charge is 2.23. The molecule has 5 nitrogen and oxygen atoms in total. The van der Waals surface area contributed by atoms with E-state index in [1.165, 1.54) is 0 Å². The Morgan fingerprint density at radius 2 is 2.40 bits per heavy atom. The summed E-state index contributed by atoms with van der Waals surface area (Å²) in [4.78, 5) is 12.2. The monoisotopic (exact) mass is 296 g/mol. The molecule has 0 saturated carbocycles. The van der Waals surface area contributed by atoms with Gasteiger partial charge in [0.15, 0.2) is 5.75 Å². The summed E-state index contributed by atoms with van der Waals surface area (Å²) >= 11 is 1.54. The Morgan fingerprint density at radius 1 is 1.60 bits per heavy atom. The predicted octanol–water partition coefficient (Wildman–Crippen LogP) is 1.33. The normalized spacial score (nSPS) is 16.4. The number of hydrogen-bond donors (Lipinski definition) is 3. The van der Waals surface area contributed by atoms with Gasteiger partial charge in [-0.15, -0.1) is 0 Å². The molecular formula is C14H20N2O3S. The Labute approximate surface area is 123 Å². The van der Waals surface area contributed by atoms with Crippen molar-refractivity contribution in [2.75, 3.05) is 37.0 Å². The number of ether oxygens (including phenoxy) is 1. The second-order valence-electron chi connectivity index (χ2n) is 5.07. The Kier molecular flexibility index (Phi) is 4.77. The van der Waals surface area contributed by atoms with Crippen LogP contribution >= 0.6 is 11.8 Å². The van der Waals surface area contributed by atoms with Crippen LogP contribution in [-0.4, -0.2) is 48.3 Å². The van der Waals surface area contributed by atoms with E-state index in [1.54, 1.807) is 24.8 Å². The molecule has 110 valence electrons. The molecule has 1 aromatic carbocycles. The molecule has 0 saturated heterocycles. The van der Waals surface area contributed by atoms with Crippen LogP contribution in [0.15, 0.2) is 18.2 Å². The lowest BCUT2D eigenvalue weighted by Gasteiger charge is -2.24. The molecule has 0 radical (unpaired) electrons. The first-order valence-corrected chi connectivity index (χ1v) is 7.92. The summed E-state index contributed by atoms with van der Waals surface area (Å²) in [6.45, 7) is 3.20. The zero-order chi connectivity index (χ0) is 14.6. The zero-order valence-corrected chi connectivity index (χ0v) is 12.5. The lowest BCUT2D eigenvalue weighted by molar-refractivity contribution is 0.0723. The minimum atomic E-state index is -0.914. The molecule has 0 spiro atoms. The topological polar surface area (TPSA) is 70.6 Å². The van der Waals surface area contributed by atoms with Crippen molar-refractivity contribution in [1.82, 2.24) is 5.32 Å². The molecule has 1 unspecified atom stereocenters. The fourth-order valence-corrected chi connectivity index (χ4v) is 2.80. The largest absolute Gasteiger partial charge is 0.489 e. The van der Waals surface area contributed by atoms with Crippen molar-refractivity contribution in [2.24, 2.45) is 0 Å². The third kappa shape index (κ3) is 3.58. The number of thioether (sulfide) groups is 1. The highest BCUT2D eigenvalue weighted by Crippen LogP contribution is 2.31. The van der Waals surface area contributed by atoms with Gasteiger partial charge in [0.25, 0.3) is 5.91 Å². The van der Waals surface area contributed by atoms with Gasteiger partial charge in [0.2, 0.25) is 0 Å². The quantitative estimate of drug-likeness (QED) is 0.765. The average Bonchev–Trinajstić information content (AvgIpc) is 2.44. The van der Waals surface area contributed by atoms with E-state index in [4.69, 9.17) is 4.74 Å². The van der Waals surface area contributed by atoms with Crippen molar-refractivity contribution in [2.45, 2.75) is 12.5 Å². The second-order valence-corrected chi connectivity index (χ2v) is 5.94. The highest BCUT2D eigenvalue weighted by molar-refractivity contribution is 7.98. The van der Waals surface area contributed by atoms with Crippen LogP contribution in [0.5, 0.6) is 5.75 Å². The predicted molar refractivity (Wildman–Crippen MR) is 81.8 cm³/mol. The number of nitrogens with one attached hydrogen (secondary N) is 2. The van der Waals surface area contributed by atoms with Crippen molar-refractivity contribution in [3.05, 3.63) is 23.8 Å². The van der Waals surface area contributed by atoms with Crippen LogP contribution in [0.4, 0.5) is 5.69 Å². The number of hydrogen-bond acceptors (Lipinski definition) is 5. The minimum Gasteiger partial charge on any atom is -0.489 e. The van der Waals surface area contributed by atoms with Crippen LogP contribution in [0, 0.1) is 0 Å². The molecular weight excluding hydrogens is 276 g/mol. The van der Waals surface area contributed by atoms with Gasteiger partial charge in [-0.3, -0.25) is 4.79 Å². The maximum atomic E-state index is 12.2. The Morgan fingerprint density at radius 3 is 3.15 bits per heavy atom. The number of anilines is 1. The Hall–Kier alpha value is -1.40. The van der Waals surface area contributed by atoms with Crippen molar-refractivity contribution in [3.8, 4) is 5.75 Å². The maximum Gasteiger partial charge on any atom is 0.255 e. The SMILES string of the molecule is CSCC(C)(O)CNC(=O)c1cccc2c1OCCN2. The summed E-state index contributed by atoms with van der Waals surface area (Å²) < 4.78 is 5.57. The molecule has 3 N–H and O–H groups in total. The smallest absolute Gasteiger partial charge is 0.255 e. The molecule has 1 aliphatic heterocycles. The first-order valence-electron chi connectivity index (χ1n) is 6.53. The number of benzene rings is 1. The zero-order valence-electron chi connectivity index (χ0n) is 11.7. The van der Waals surface area contributed by atoms with Gasteiger partial charge in [-0.05, 0) is 25.3 Å². The summed E-state index contributed by atoms with van der Waals surface area (Å²) in [5.74, 6) is 0.922. The van der Waals surface area contributed by atoms with Gasteiger partial charge >= 0.3 is 0 Å². The minimum absolute atomic E-state index is 0.212. The lowest BCUT2D eigenvalue weighted by atomic mass is 10.1. The highest BCUT2D eigenvalue weighted by atomic mass is 32.2. The van der Waals surface area contributed by atoms with Gasteiger partial charge in [0.1, 0.15) is 6.61 Å².